The number of amides is 1. The second kappa shape index (κ2) is 6.41. The van der Waals surface area contributed by atoms with E-state index in [9.17, 15) is 9.59 Å². The zero-order valence-corrected chi connectivity index (χ0v) is 13.5. The molecule has 0 saturated carbocycles. The topological polar surface area (TPSA) is 88.5 Å². The van der Waals surface area contributed by atoms with Crippen LogP contribution in [0.1, 0.15) is 37.5 Å². The van der Waals surface area contributed by atoms with E-state index in [-0.39, 0.29) is 23.1 Å². The molecule has 0 spiro atoms. The number of hydrogen-bond donors (Lipinski definition) is 2. The van der Waals surface area contributed by atoms with Crippen LogP contribution >= 0.6 is 0 Å². The van der Waals surface area contributed by atoms with Crippen molar-refractivity contribution in [1.29, 1.82) is 0 Å². The third-order valence-electron chi connectivity index (χ3n) is 4.27. The first-order valence-corrected chi connectivity index (χ1v) is 7.64. The summed E-state index contributed by atoms with van der Waals surface area (Å²) in [5.74, 6) is -1.48. The lowest BCUT2D eigenvalue weighted by Gasteiger charge is -2.09. The molecule has 0 saturated heterocycles. The minimum absolute atomic E-state index is 0.0114. The molecule has 124 valence electrons. The van der Waals surface area contributed by atoms with Gasteiger partial charge in [-0.3, -0.25) is 9.78 Å². The van der Waals surface area contributed by atoms with Crippen LogP contribution in [-0.2, 0) is 17.6 Å². The molecule has 1 unspecified atom stereocenters. The number of aromatic nitrogens is 1. The summed E-state index contributed by atoms with van der Waals surface area (Å²) in [5.41, 5.74) is 3.79. The first-order chi connectivity index (χ1) is 11.5. The lowest BCUT2D eigenvalue weighted by Crippen LogP contribution is -2.15. The molecule has 24 heavy (non-hydrogen) atoms. The fourth-order valence-electron chi connectivity index (χ4n) is 2.90. The van der Waals surface area contributed by atoms with E-state index in [1.165, 1.54) is 17.8 Å². The van der Waals surface area contributed by atoms with Gasteiger partial charge in [-0.05, 0) is 49.1 Å². The van der Waals surface area contributed by atoms with E-state index in [0.717, 1.165) is 18.4 Å². The fourth-order valence-corrected chi connectivity index (χ4v) is 2.90. The highest BCUT2D eigenvalue weighted by molar-refractivity contribution is 6.06. The minimum atomic E-state index is -1.11. The molecule has 1 heterocycles. The van der Waals surface area contributed by atoms with E-state index in [1.807, 2.05) is 18.2 Å². The Balaban J connectivity index is 1.81. The number of fused-ring (bicyclic) bond motifs is 1. The average molecular weight is 326 g/mol. The SMILES string of the molecule is COC1Cc2ccc(NC(=O)c3cc(C(=O)O)cnc3C)cc2C1. The van der Waals surface area contributed by atoms with Crippen LogP contribution < -0.4 is 5.32 Å². The Morgan fingerprint density at radius 1 is 1.25 bits per heavy atom. The molecule has 0 bridgehead atoms. The Morgan fingerprint density at radius 3 is 2.71 bits per heavy atom. The zero-order valence-electron chi connectivity index (χ0n) is 13.5. The van der Waals surface area contributed by atoms with Crippen LogP contribution in [-0.4, -0.2) is 35.2 Å². The van der Waals surface area contributed by atoms with Crippen molar-refractivity contribution >= 4 is 17.6 Å². The predicted octanol–water partition coefficient (Wildman–Crippen LogP) is 2.45. The van der Waals surface area contributed by atoms with Gasteiger partial charge in [0.05, 0.1) is 22.9 Å². The summed E-state index contributed by atoms with van der Waals surface area (Å²) in [7, 11) is 1.70. The largest absolute Gasteiger partial charge is 0.478 e. The summed E-state index contributed by atoms with van der Waals surface area (Å²) in [4.78, 5) is 27.5. The number of carboxylic acid groups (broad SMARTS) is 1. The molecular formula is C18H18N2O4. The Hall–Kier alpha value is -2.73. The maximum Gasteiger partial charge on any atom is 0.337 e. The normalized spacial score (nSPS) is 15.8. The maximum absolute atomic E-state index is 12.5. The monoisotopic (exact) mass is 326 g/mol. The standard InChI is InChI=1S/C18H18N2O4/c1-10-16(8-13(9-19-10)18(22)23)17(21)20-14-4-3-11-6-15(24-2)7-12(11)5-14/h3-5,8-9,15H,6-7H2,1-2H3,(H,20,21)(H,22,23). The number of carbonyl (C=O) groups excluding carboxylic acids is 1. The van der Waals surface area contributed by atoms with Crippen molar-refractivity contribution in [3.63, 3.8) is 0 Å². The molecule has 1 aliphatic rings. The van der Waals surface area contributed by atoms with Gasteiger partial charge in [-0.2, -0.15) is 0 Å². The van der Waals surface area contributed by atoms with E-state index in [1.54, 1.807) is 14.0 Å². The Labute approximate surface area is 139 Å². The van der Waals surface area contributed by atoms with Crippen LogP contribution in [0.25, 0.3) is 0 Å². The summed E-state index contributed by atoms with van der Waals surface area (Å²) in [6.45, 7) is 1.67. The summed E-state index contributed by atoms with van der Waals surface area (Å²) >= 11 is 0. The number of methoxy groups -OCH3 is 1. The second-order valence-electron chi connectivity index (χ2n) is 5.87. The summed E-state index contributed by atoms with van der Waals surface area (Å²) in [6, 6.07) is 7.12. The van der Waals surface area contributed by atoms with E-state index in [4.69, 9.17) is 9.84 Å². The average Bonchev–Trinajstić information content (AvgIpc) is 2.97. The van der Waals surface area contributed by atoms with Crippen molar-refractivity contribution in [2.45, 2.75) is 25.9 Å². The van der Waals surface area contributed by atoms with Gasteiger partial charge in [0.15, 0.2) is 0 Å². The molecule has 6 nitrogen and oxygen atoms in total. The smallest absolute Gasteiger partial charge is 0.337 e. The highest BCUT2D eigenvalue weighted by Crippen LogP contribution is 2.27. The van der Waals surface area contributed by atoms with Crippen molar-refractivity contribution in [1.82, 2.24) is 4.98 Å². The molecule has 6 heteroatoms. The number of nitrogens with one attached hydrogen (secondary N) is 1. The summed E-state index contributed by atoms with van der Waals surface area (Å²) < 4.78 is 5.38. The molecule has 1 aromatic heterocycles. The van der Waals surface area contributed by atoms with Gasteiger partial charge in [-0.1, -0.05) is 6.07 Å². The Bertz CT molecular complexity index is 817. The number of carboxylic acids is 1. The van der Waals surface area contributed by atoms with Gasteiger partial charge in [-0.15, -0.1) is 0 Å². The van der Waals surface area contributed by atoms with Crippen LogP contribution in [0.15, 0.2) is 30.5 Å². The molecule has 3 rings (SSSR count). The maximum atomic E-state index is 12.5. The van der Waals surface area contributed by atoms with E-state index in [0.29, 0.717) is 11.4 Å². The van der Waals surface area contributed by atoms with Crippen LogP contribution in [0.2, 0.25) is 0 Å². The van der Waals surface area contributed by atoms with Crippen molar-refractivity contribution in [3.8, 4) is 0 Å². The third-order valence-corrected chi connectivity index (χ3v) is 4.27. The summed E-state index contributed by atoms with van der Waals surface area (Å²) in [6.07, 6.45) is 3.13. The van der Waals surface area contributed by atoms with Crippen LogP contribution in [0, 0.1) is 6.92 Å². The van der Waals surface area contributed by atoms with Crippen molar-refractivity contribution in [3.05, 3.63) is 58.4 Å². The van der Waals surface area contributed by atoms with Crippen LogP contribution in [0.5, 0.6) is 0 Å². The van der Waals surface area contributed by atoms with Gasteiger partial charge in [0.2, 0.25) is 0 Å². The van der Waals surface area contributed by atoms with E-state index < -0.39 is 5.97 Å². The number of hydrogen-bond acceptors (Lipinski definition) is 4. The minimum Gasteiger partial charge on any atom is -0.478 e. The van der Waals surface area contributed by atoms with Gasteiger partial charge in [-0.25, -0.2) is 4.79 Å². The number of nitrogens with zero attached hydrogens (tertiary/aromatic N) is 1. The van der Waals surface area contributed by atoms with Crippen LogP contribution in [0.3, 0.4) is 0 Å². The number of rotatable bonds is 4. The molecule has 1 aliphatic carbocycles. The number of benzene rings is 1. The molecule has 2 N–H and O–H groups in total. The van der Waals surface area contributed by atoms with Gasteiger partial charge in [0, 0.05) is 19.0 Å². The van der Waals surface area contributed by atoms with Crippen LogP contribution in [0.4, 0.5) is 5.69 Å². The lowest BCUT2D eigenvalue weighted by atomic mass is 10.1. The molecule has 0 aliphatic heterocycles. The van der Waals surface area contributed by atoms with E-state index >= 15 is 0 Å². The highest BCUT2D eigenvalue weighted by atomic mass is 16.5. The van der Waals surface area contributed by atoms with E-state index in [2.05, 4.69) is 10.3 Å². The third kappa shape index (κ3) is 3.14. The molecule has 1 atom stereocenters. The second-order valence-corrected chi connectivity index (χ2v) is 5.87. The highest BCUT2D eigenvalue weighted by Gasteiger charge is 2.21. The number of carbonyl (C=O) groups is 2. The predicted molar refractivity (Wildman–Crippen MR) is 88.5 cm³/mol. The van der Waals surface area contributed by atoms with Gasteiger partial charge in [0.1, 0.15) is 0 Å². The first kappa shape index (κ1) is 16.1. The van der Waals surface area contributed by atoms with Gasteiger partial charge in [0.25, 0.3) is 5.91 Å². The number of ether oxygens (including phenoxy) is 1. The zero-order chi connectivity index (χ0) is 17.3. The molecular weight excluding hydrogens is 308 g/mol. The fraction of sp³-hybridized carbons (Fsp3) is 0.278. The van der Waals surface area contributed by atoms with Crippen molar-refractivity contribution in [2.75, 3.05) is 12.4 Å². The number of aryl methyl sites for hydroxylation is 1. The molecule has 0 radical (unpaired) electrons. The summed E-state index contributed by atoms with van der Waals surface area (Å²) in [5, 5.41) is 11.9. The Morgan fingerprint density at radius 2 is 2.00 bits per heavy atom. The molecule has 1 amide bonds. The molecule has 1 aromatic carbocycles. The number of anilines is 1. The number of pyridine rings is 1. The number of aromatic carboxylic acids is 1. The van der Waals surface area contributed by atoms with Crippen molar-refractivity contribution in [2.24, 2.45) is 0 Å². The lowest BCUT2D eigenvalue weighted by molar-refractivity contribution is 0.0696. The van der Waals surface area contributed by atoms with Crippen molar-refractivity contribution < 1.29 is 19.4 Å². The first-order valence-electron chi connectivity index (χ1n) is 7.64. The molecule has 2 aromatic rings. The van der Waals surface area contributed by atoms with Gasteiger partial charge < -0.3 is 15.2 Å². The Kier molecular flexibility index (Phi) is 4.31. The molecule has 0 fully saturated rings. The quantitative estimate of drug-likeness (QED) is 0.901. The van der Waals surface area contributed by atoms with Gasteiger partial charge >= 0.3 is 5.97 Å².